The van der Waals surface area contributed by atoms with Gasteiger partial charge in [-0.25, -0.2) is 0 Å². The number of hydrogen-bond donors (Lipinski definition) is 2. The quantitative estimate of drug-likeness (QED) is 0.280. The topological polar surface area (TPSA) is 70.5 Å². The summed E-state index contributed by atoms with van der Waals surface area (Å²) in [5.74, 6) is 0.0855. The van der Waals surface area contributed by atoms with Crippen LogP contribution in [0.1, 0.15) is 16.8 Å². The number of nitrogens with one attached hydrogen (secondary N) is 1. The van der Waals surface area contributed by atoms with Crippen LogP contribution in [-0.2, 0) is 19.3 Å². The SMILES string of the molecule is C=NCc1cccc(-c2c(-c3ccc(OCc4ccc(Cl)cc4)cc3O)n[nH]c2C(F)(F)F)c1. The number of aromatic nitrogens is 2. The third-order valence-electron chi connectivity index (χ3n) is 5.10. The molecule has 1 aromatic heterocycles. The van der Waals surface area contributed by atoms with E-state index in [9.17, 15) is 18.3 Å². The van der Waals surface area contributed by atoms with E-state index in [0.717, 1.165) is 5.56 Å². The predicted molar refractivity (Wildman–Crippen MR) is 125 cm³/mol. The van der Waals surface area contributed by atoms with Crippen molar-refractivity contribution in [3.8, 4) is 33.9 Å². The van der Waals surface area contributed by atoms with Gasteiger partial charge in [0.15, 0.2) is 0 Å². The van der Waals surface area contributed by atoms with Crippen LogP contribution < -0.4 is 4.74 Å². The Morgan fingerprint density at radius 3 is 2.47 bits per heavy atom. The van der Waals surface area contributed by atoms with Gasteiger partial charge in [-0.1, -0.05) is 41.9 Å². The van der Waals surface area contributed by atoms with Gasteiger partial charge < -0.3 is 9.84 Å². The molecule has 0 fully saturated rings. The van der Waals surface area contributed by atoms with E-state index in [1.54, 1.807) is 54.6 Å². The zero-order valence-electron chi connectivity index (χ0n) is 17.7. The van der Waals surface area contributed by atoms with Crippen LogP contribution in [0.25, 0.3) is 22.4 Å². The van der Waals surface area contributed by atoms with E-state index in [1.165, 1.54) is 12.1 Å². The first-order valence-electron chi connectivity index (χ1n) is 10.1. The molecule has 0 spiro atoms. The number of nitrogens with zero attached hydrogens (tertiary/aromatic N) is 2. The van der Waals surface area contributed by atoms with Gasteiger partial charge in [-0.2, -0.15) is 18.3 Å². The van der Waals surface area contributed by atoms with Crippen LogP contribution in [0.3, 0.4) is 0 Å². The van der Waals surface area contributed by atoms with Crippen molar-refractivity contribution in [2.24, 2.45) is 4.99 Å². The monoisotopic (exact) mass is 485 g/mol. The minimum absolute atomic E-state index is 0.0298. The molecule has 0 radical (unpaired) electrons. The first-order valence-corrected chi connectivity index (χ1v) is 10.5. The van der Waals surface area contributed by atoms with Crippen LogP contribution in [-0.4, -0.2) is 22.0 Å². The maximum Gasteiger partial charge on any atom is 0.433 e. The second-order valence-corrected chi connectivity index (χ2v) is 7.93. The van der Waals surface area contributed by atoms with Crippen molar-refractivity contribution in [3.63, 3.8) is 0 Å². The summed E-state index contributed by atoms with van der Waals surface area (Å²) in [6.45, 7) is 3.91. The lowest BCUT2D eigenvalue weighted by molar-refractivity contribution is -0.140. The maximum atomic E-state index is 13.8. The molecule has 0 aliphatic rings. The summed E-state index contributed by atoms with van der Waals surface area (Å²) in [5, 5.41) is 17.2. The molecule has 0 saturated carbocycles. The molecular weight excluding hydrogens is 467 g/mol. The van der Waals surface area contributed by atoms with Gasteiger partial charge in [0.1, 0.15) is 29.5 Å². The Balaban J connectivity index is 1.70. The third-order valence-corrected chi connectivity index (χ3v) is 5.35. The molecule has 0 aliphatic heterocycles. The van der Waals surface area contributed by atoms with E-state index in [2.05, 4.69) is 21.9 Å². The van der Waals surface area contributed by atoms with Crippen molar-refractivity contribution in [1.82, 2.24) is 10.2 Å². The zero-order chi connectivity index (χ0) is 24.3. The molecule has 4 aromatic rings. The Bertz CT molecular complexity index is 1320. The average Bonchev–Trinajstić information content (AvgIpc) is 3.25. The summed E-state index contributed by atoms with van der Waals surface area (Å²) >= 11 is 5.88. The number of phenols is 1. The Hall–Kier alpha value is -3.78. The Labute approximate surface area is 198 Å². The van der Waals surface area contributed by atoms with Crippen molar-refractivity contribution in [3.05, 3.63) is 88.6 Å². The summed E-state index contributed by atoms with van der Waals surface area (Å²) in [5.41, 5.74) is 0.789. The molecule has 2 N–H and O–H groups in total. The fourth-order valence-electron chi connectivity index (χ4n) is 3.53. The molecule has 3 aromatic carbocycles. The molecule has 5 nitrogen and oxygen atoms in total. The highest BCUT2D eigenvalue weighted by molar-refractivity contribution is 6.30. The van der Waals surface area contributed by atoms with Gasteiger partial charge in [0.05, 0.1) is 6.54 Å². The summed E-state index contributed by atoms with van der Waals surface area (Å²) in [6, 6.07) is 18.0. The van der Waals surface area contributed by atoms with Crippen molar-refractivity contribution >= 4 is 18.3 Å². The molecule has 4 rings (SSSR count). The molecule has 34 heavy (non-hydrogen) atoms. The highest BCUT2D eigenvalue weighted by Gasteiger charge is 2.38. The van der Waals surface area contributed by atoms with Crippen LogP contribution >= 0.6 is 11.6 Å². The van der Waals surface area contributed by atoms with Gasteiger partial charge in [0.25, 0.3) is 0 Å². The zero-order valence-corrected chi connectivity index (χ0v) is 18.5. The van der Waals surface area contributed by atoms with Gasteiger partial charge >= 0.3 is 6.18 Å². The molecule has 0 bridgehead atoms. The normalized spacial score (nSPS) is 11.4. The van der Waals surface area contributed by atoms with Crippen LogP contribution in [0.15, 0.2) is 71.7 Å². The lowest BCUT2D eigenvalue weighted by Gasteiger charge is -2.12. The Kier molecular flexibility index (Phi) is 6.61. The lowest BCUT2D eigenvalue weighted by Crippen LogP contribution is -2.07. The number of alkyl halides is 3. The van der Waals surface area contributed by atoms with E-state index in [4.69, 9.17) is 16.3 Å². The second-order valence-electron chi connectivity index (χ2n) is 7.50. The average molecular weight is 486 g/mol. The molecule has 0 saturated heterocycles. The highest BCUT2D eigenvalue weighted by atomic mass is 35.5. The number of benzene rings is 3. The van der Waals surface area contributed by atoms with Gasteiger partial charge in [-0.3, -0.25) is 10.1 Å². The number of phenolic OH excluding ortho intramolecular Hbond substituents is 1. The molecule has 0 amide bonds. The number of aliphatic imine (C=N–C) groups is 1. The maximum absolute atomic E-state index is 13.8. The van der Waals surface area contributed by atoms with Gasteiger partial charge in [-0.15, -0.1) is 0 Å². The second kappa shape index (κ2) is 9.61. The fraction of sp³-hybridized carbons (Fsp3) is 0.120. The summed E-state index contributed by atoms with van der Waals surface area (Å²) in [6.07, 6.45) is -4.68. The van der Waals surface area contributed by atoms with Gasteiger partial charge in [0.2, 0.25) is 0 Å². The number of aromatic hydroxyl groups is 1. The van der Waals surface area contributed by atoms with E-state index >= 15 is 0 Å². The Morgan fingerprint density at radius 2 is 1.79 bits per heavy atom. The predicted octanol–water partition coefficient (Wildman–Crippen LogP) is 6.90. The first-order chi connectivity index (χ1) is 16.3. The van der Waals surface area contributed by atoms with Crippen LogP contribution in [0, 0.1) is 0 Å². The van der Waals surface area contributed by atoms with E-state index in [1.807, 2.05) is 0 Å². The Morgan fingerprint density at radius 1 is 1.03 bits per heavy atom. The number of halogens is 4. The van der Waals surface area contributed by atoms with Gasteiger partial charge in [-0.05, 0) is 53.7 Å². The minimum Gasteiger partial charge on any atom is -0.507 e. The smallest absolute Gasteiger partial charge is 0.433 e. The summed E-state index contributed by atoms with van der Waals surface area (Å²) in [4.78, 5) is 3.79. The van der Waals surface area contributed by atoms with E-state index in [-0.39, 0.29) is 35.7 Å². The number of ether oxygens (including phenoxy) is 1. The molecule has 0 atom stereocenters. The fourth-order valence-corrected chi connectivity index (χ4v) is 3.65. The molecule has 9 heteroatoms. The van der Waals surface area contributed by atoms with Crippen molar-refractivity contribution in [2.45, 2.75) is 19.3 Å². The largest absolute Gasteiger partial charge is 0.507 e. The van der Waals surface area contributed by atoms with Crippen LogP contribution in [0.5, 0.6) is 11.5 Å². The van der Waals surface area contributed by atoms with Crippen molar-refractivity contribution in [2.75, 3.05) is 0 Å². The number of rotatable bonds is 7. The van der Waals surface area contributed by atoms with Crippen LogP contribution in [0.4, 0.5) is 13.2 Å². The van der Waals surface area contributed by atoms with E-state index in [0.29, 0.717) is 21.9 Å². The molecule has 174 valence electrons. The molecule has 0 unspecified atom stereocenters. The first kappa shape index (κ1) is 23.4. The third kappa shape index (κ3) is 5.07. The van der Waals surface area contributed by atoms with Gasteiger partial charge in [0, 0.05) is 22.2 Å². The number of H-pyrrole nitrogens is 1. The molecule has 0 aliphatic carbocycles. The summed E-state index contributed by atoms with van der Waals surface area (Å²) < 4.78 is 47.0. The molecular formula is C25H19ClF3N3O2. The number of aromatic amines is 1. The minimum atomic E-state index is -4.68. The van der Waals surface area contributed by atoms with Crippen molar-refractivity contribution in [1.29, 1.82) is 0 Å². The number of hydrogen-bond acceptors (Lipinski definition) is 4. The highest BCUT2D eigenvalue weighted by Crippen LogP contribution is 2.44. The molecule has 1 heterocycles. The van der Waals surface area contributed by atoms with E-state index < -0.39 is 11.9 Å². The van der Waals surface area contributed by atoms with Crippen LogP contribution in [0.2, 0.25) is 5.02 Å². The summed E-state index contributed by atoms with van der Waals surface area (Å²) in [7, 11) is 0. The lowest BCUT2D eigenvalue weighted by atomic mass is 9.96. The standard InChI is InChI=1S/C25H19ClF3N3O2/c1-30-13-16-3-2-4-17(11-16)22-23(31-32-24(22)25(27,28)29)20-10-9-19(12-21(20)33)34-14-15-5-7-18(26)8-6-15/h2-12,33H,1,13-14H2,(H,31,32). The van der Waals surface area contributed by atoms with Crippen molar-refractivity contribution < 1.29 is 23.0 Å².